The van der Waals surface area contributed by atoms with E-state index >= 15 is 0 Å². The van der Waals surface area contributed by atoms with E-state index in [0.29, 0.717) is 25.2 Å². The second kappa shape index (κ2) is 2.47. The summed E-state index contributed by atoms with van der Waals surface area (Å²) < 4.78 is 4.82. The summed E-state index contributed by atoms with van der Waals surface area (Å²) in [4.78, 5) is 21.7. The van der Waals surface area contributed by atoms with Gasteiger partial charge in [-0.15, -0.1) is 0 Å². The zero-order chi connectivity index (χ0) is 8.60. The molecule has 1 N–H and O–H groups in total. The molecule has 1 aliphatic heterocycles. The summed E-state index contributed by atoms with van der Waals surface area (Å²) in [5.41, 5.74) is -0.217. The van der Waals surface area contributed by atoms with E-state index in [2.05, 4.69) is 5.32 Å². The first-order chi connectivity index (χ1) is 5.70. The highest BCUT2D eigenvalue weighted by Crippen LogP contribution is 2.29. The average molecular weight is 169 g/mol. The Kier molecular flexibility index (Phi) is 1.56. The highest BCUT2D eigenvalue weighted by molar-refractivity contribution is 5.80. The SMILES string of the molecule is O=C1CCC2(CC1)COC(=O)N2. The first kappa shape index (κ1) is 7.58. The predicted octanol–water partition coefficient (Wildman–Crippen LogP) is 0.608. The van der Waals surface area contributed by atoms with Crippen molar-refractivity contribution in [1.29, 1.82) is 0 Å². The smallest absolute Gasteiger partial charge is 0.407 e. The number of alkyl carbamates (subject to hydrolysis) is 1. The fraction of sp³-hybridized carbons (Fsp3) is 0.750. The molecular weight excluding hydrogens is 158 g/mol. The van der Waals surface area contributed by atoms with Gasteiger partial charge in [0.2, 0.25) is 0 Å². The first-order valence-corrected chi connectivity index (χ1v) is 4.17. The lowest BCUT2D eigenvalue weighted by Crippen LogP contribution is -2.46. The van der Waals surface area contributed by atoms with E-state index in [1.54, 1.807) is 0 Å². The van der Waals surface area contributed by atoms with E-state index in [1.807, 2.05) is 0 Å². The van der Waals surface area contributed by atoms with Gasteiger partial charge in [0, 0.05) is 12.8 Å². The highest BCUT2D eigenvalue weighted by Gasteiger charge is 2.41. The molecule has 1 saturated carbocycles. The Balaban J connectivity index is 2.04. The molecule has 0 atom stereocenters. The number of amides is 1. The van der Waals surface area contributed by atoms with Crippen LogP contribution in [0.1, 0.15) is 25.7 Å². The van der Waals surface area contributed by atoms with Crippen LogP contribution in [-0.2, 0) is 9.53 Å². The van der Waals surface area contributed by atoms with Crippen molar-refractivity contribution in [2.24, 2.45) is 0 Å². The van der Waals surface area contributed by atoms with Gasteiger partial charge in [0.05, 0.1) is 5.54 Å². The van der Waals surface area contributed by atoms with Crippen LogP contribution in [0, 0.1) is 0 Å². The number of ketones is 1. The van der Waals surface area contributed by atoms with Crippen molar-refractivity contribution in [3.8, 4) is 0 Å². The van der Waals surface area contributed by atoms with Crippen LogP contribution in [0.4, 0.5) is 4.79 Å². The van der Waals surface area contributed by atoms with Crippen molar-refractivity contribution in [3.05, 3.63) is 0 Å². The van der Waals surface area contributed by atoms with Gasteiger partial charge in [0.1, 0.15) is 12.4 Å². The van der Waals surface area contributed by atoms with Crippen LogP contribution >= 0.6 is 0 Å². The topological polar surface area (TPSA) is 55.4 Å². The predicted molar refractivity (Wildman–Crippen MR) is 40.7 cm³/mol. The zero-order valence-electron chi connectivity index (χ0n) is 6.76. The third-order valence-electron chi connectivity index (χ3n) is 2.61. The molecule has 0 bridgehead atoms. The van der Waals surface area contributed by atoms with Crippen LogP contribution in [0.15, 0.2) is 0 Å². The number of ether oxygens (including phenoxy) is 1. The summed E-state index contributed by atoms with van der Waals surface area (Å²) in [6.45, 7) is 0.430. The molecular formula is C8H11NO3. The molecule has 4 heteroatoms. The molecule has 0 aromatic carbocycles. The van der Waals surface area contributed by atoms with Crippen molar-refractivity contribution in [2.75, 3.05) is 6.61 Å². The molecule has 66 valence electrons. The molecule has 1 spiro atoms. The van der Waals surface area contributed by atoms with E-state index in [4.69, 9.17) is 4.74 Å². The summed E-state index contributed by atoms with van der Waals surface area (Å²) in [6.07, 6.45) is 2.27. The lowest BCUT2D eigenvalue weighted by molar-refractivity contribution is -0.121. The monoisotopic (exact) mass is 169 g/mol. The lowest BCUT2D eigenvalue weighted by atomic mass is 9.82. The molecule has 2 fully saturated rings. The first-order valence-electron chi connectivity index (χ1n) is 4.17. The van der Waals surface area contributed by atoms with Crippen molar-refractivity contribution >= 4 is 11.9 Å². The van der Waals surface area contributed by atoms with Crippen LogP contribution in [-0.4, -0.2) is 24.0 Å². The van der Waals surface area contributed by atoms with E-state index in [9.17, 15) is 9.59 Å². The third kappa shape index (κ3) is 1.17. The second-order valence-electron chi connectivity index (χ2n) is 3.52. The van der Waals surface area contributed by atoms with Gasteiger partial charge in [-0.3, -0.25) is 4.79 Å². The molecule has 2 rings (SSSR count). The van der Waals surface area contributed by atoms with Gasteiger partial charge in [-0.25, -0.2) is 4.79 Å². The fourth-order valence-electron chi connectivity index (χ4n) is 1.77. The summed E-state index contributed by atoms with van der Waals surface area (Å²) in [6, 6.07) is 0. The standard InChI is InChI=1S/C8H11NO3/c10-6-1-3-8(4-2-6)5-12-7(11)9-8/h1-5H2,(H,9,11). The number of hydrogen-bond acceptors (Lipinski definition) is 3. The van der Waals surface area contributed by atoms with Gasteiger partial charge < -0.3 is 10.1 Å². The normalized spacial score (nSPS) is 27.0. The molecule has 1 heterocycles. The Bertz CT molecular complexity index is 226. The van der Waals surface area contributed by atoms with Crippen LogP contribution in [0.5, 0.6) is 0 Å². The van der Waals surface area contributed by atoms with Crippen molar-refractivity contribution in [1.82, 2.24) is 5.32 Å². The Labute approximate surface area is 70.3 Å². The summed E-state index contributed by atoms with van der Waals surface area (Å²) in [5.74, 6) is 0.293. The van der Waals surface area contributed by atoms with E-state index in [-0.39, 0.29) is 11.6 Å². The molecule has 12 heavy (non-hydrogen) atoms. The second-order valence-corrected chi connectivity index (χ2v) is 3.52. The van der Waals surface area contributed by atoms with E-state index in [1.165, 1.54) is 0 Å². The lowest BCUT2D eigenvalue weighted by Gasteiger charge is -2.29. The molecule has 0 aromatic heterocycles. The number of cyclic esters (lactones) is 1. The van der Waals surface area contributed by atoms with Gasteiger partial charge in [-0.05, 0) is 12.8 Å². The quantitative estimate of drug-likeness (QED) is 0.578. The molecule has 1 saturated heterocycles. The van der Waals surface area contributed by atoms with Crippen LogP contribution < -0.4 is 5.32 Å². The number of nitrogens with one attached hydrogen (secondary N) is 1. The maximum atomic E-state index is 10.9. The fourth-order valence-corrected chi connectivity index (χ4v) is 1.77. The molecule has 0 unspecified atom stereocenters. The van der Waals surface area contributed by atoms with Gasteiger partial charge in [-0.2, -0.15) is 0 Å². The Morgan fingerprint density at radius 2 is 1.92 bits per heavy atom. The zero-order valence-corrected chi connectivity index (χ0v) is 6.76. The third-order valence-corrected chi connectivity index (χ3v) is 2.61. The number of carbonyl (C=O) groups excluding carboxylic acids is 2. The number of carbonyl (C=O) groups is 2. The van der Waals surface area contributed by atoms with Crippen molar-refractivity contribution in [2.45, 2.75) is 31.2 Å². The minimum atomic E-state index is -0.343. The molecule has 2 aliphatic rings. The Morgan fingerprint density at radius 3 is 2.42 bits per heavy atom. The molecule has 0 radical (unpaired) electrons. The summed E-state index contributed by atoms with van der Waals surface area (Å²) >= 11 is 0. The number of Topliss-reactive ketones (excluding diaryl/α,β-unsaturated/α-hetero) is 1. The highest BCUT2D eigenvalue weighted by atomic mass is 16.6. The minimum absolute atomic E-state index is 0.217. The average Bonchev–Trinajstić information content (AvgIpc) is 2.40. The van der Waals surface area contributed by atoms with Crippen LogP contribution in [0.3, 0.4) is 0 Å². The molecule has 4 nitrogen and oxygen atoms in total. The number of rotatable bonds is 0. The largest absolute Gasteiger partial charge is 0.447 e. The van der Waals surface area contributed by atoms with Gasteiger partial charge in [0.25, 0.3) is 0 Å². The summed E-state index contributed by atoms with van der Waals surface area (Å²) in [7, 11) is 0. The summed E-state index contributed by atoms with van der Waals surface area (Å²) in [5, 5.41) is 2.78. The minimum Gasteiger partial charge on any atom is -0.447 e. The van der Waals surface area contributed by atoms with Gasteiger partial charge in [0.15, 0.2) is 0 Å². The molecule has 0 aromatic rings. The molecule has 1 amide bonds. The van der Waals surface area contributed by atoms with Crippen molar-refractivity contribution < 1.29 is 14.3 Å². The maximum absolute atomic E-state index is 10.9. The Hall–Kier alpha value is -1.06. The Morgan fingerprint density at radius 1 is 1.25 bits per heavy atom. The van der Waals surface area contributed by atoms with Gasteiger partial charge in [-0.1, -0.05) is 0 Å². The van der Waals surface area contributed by atoms with Gasteiger partial charge >= 0.3 is 6.09 Å². The van der Waals surface area contributed by atoms with Crippen LogP contribution in [0.2, 0.25) is 0 Å². The van der Waals surface area contributed by atoms with E-state index in [0.717, 1.165) is 12.8 Å². The van der Waals surface area contributed by atoms with E-state index < -0.39 is 0 Å². The maximum Gasteiger partial charge on any atom is 0.407 e. The number of hydrogen-bond donors (Lipinski definition) is 1. The molecule has 1 aliphatic carbocycles. The van der Waals surface area contributed by atoms with Crippen LogP contribution in [0.25, 0.3) is 0 Å². The van der Waals surface area contributed by atoms with Crippen molar-refractivity contribution in [3.63, 3.8) is 0 Å².